The molecule has 2 fully saturated rings. The third-order valence-corrected chi connectivity index (χ3v) is 7.41. The average molecular weight is 470 g/mol. The molecule has 0 aromatic heterocycles. The van der Waals surface area contributed by atoms with E-state index in [4.69, 9.17) is 0 Å². The normalized spacial score (nSPS) is 22.1. The number of benzene rings is 1. The predicted octanol–water partition coefficient (Wildman–Crippen LogP) is 2.25. The second kappa shape index (κ2) is 11.2. The Morgan fingerprint density at radius 2 is 1.90 bits per heavy atom. The Labute approximate surface area is 194 Å². The van der Waals surface area contributed by atoms with Crippen LogP contribution in [0.25, 0.3) is 0 Å². The van der Waals surface area contributed by atoms with Gasteiger partial charge >= 0.3 is 5.97 Å². The molecule has 1 unspecified atom stereocenters. The number of carboxylic acid groups (broad SMARTS) is 1. The van der Waals surface area contributed by atoms with Crippen LogP contribution >= 0.6 is 24.2 Å². The number of amides is 2. The maximum Gasteiger partial charge on any atom is 0.326 e. The second-order valence-electron chi connectivity index (χ2n) is 8.22. The van der Waals surface area contributed by atoms with Crippen LogP contribution in [0.3, 0.4) is 0 Å². The summed E-state index contributed by atoms with van der Waals surface area (Å²) in [5, 5.41) is 15.7. The molecule has 0 spiro atoms. The summed E-state index contributed by atoms with van der Waals surface area (Å²) in [7, 11) is 0. The summed E-state index contributed by atoms with van der Waals surface area (Å²) in [4.78, 5) is 39.9. The summed E-state index contributed by atoms with van der Waals surface area (Å²) in [6.07, 6.45) is 1.60. The number of hydrogen-bond acceptors (Lipinski definition) is 5. The highest BCUT2D eigenvalue weighted by molar-refractivity contribution is 7.99. The molecular formula is C22H32ClN3O4S. The van der Waals surface area contributed by atoms with Crippen LogP contribution in [0.1, 0.15) is 38.7 Å². The van der Waals surface area contributed by atoms with Crippen LogP contribution < -0.4 is 10.6 Å². The number of rotatable bonds is 7. The number of thioether (sulfide) groups is 1. The topological polar surface area (TPSA) is 98.7 Å². The molecule has 31 heavy (non-hydrogen) atoms. The molecule has 2 heterocycles. The summed E-state index contributed by atoms with van der Waals surface area (Å²) in [5.41, 5.74) is 0.0364. The fraction of sp³-hybridized carbons (Fsp3) is 0.591. The molecule has 0 bridgehead atoms. The molecule has 0 radical (unpaired) electrons. The standard InChI is InChI=1S/C22H31N3O4S.ClH/c1-3-15(2)18(20(27)28)24-21(29)22(16-7-5-4-6-8-16)9-11-25(12-10-22)19(26)17-13-30-14-23-17;/h4-8,15,17-18,23H,3,9-14H2,1-2H3,(H,24,29)(H,27,28);1H/t15?,17-,18+;/m1./s1. The Balaban J connectivity index is 0.00000341. The number of nitrogens with zero attached hydrogens (tertiary/aromatic N) is 1. The van der Waals surface area contributed by atoms with Crippen LogP contribution in [0.5, 0.6) is 0 Å². The number of piperidine rings is 1. The van der Waals surface area contributed by atoms with E-state index in [9.17, 15) is 19.5 Å². The zero-order valence-corrected chi connectivity index (χ0v) is 19.6. The molecule has 3 rings (SSSR count). The van der Waals surface area contributed by atoms with Crippen LogP contribution in [0.15, 0.2) is 30.3 Å². The van der Waals surface area contributed by atoms with Crippen molar-refractivity contribution in [1.82, 2.24) is 15.5 Å². The maximum atomic E-state index is 13.5. The van der Waals surface area contributed by atoms with Gasteiger partial charge in [-0.25, -0.2) is 4.79 Å². The van der Waals surface area contributed by atoms with Crippen molar-refractivity contribution in [3.05, 3.63) is 35.9 Å². The lowest BCUT2D eigenvalue weighted by atomic mass is 9.71. The summed E-state index contributed by atoms with van der Waals surface area (Å²) >= 11 is 1.71. The van der Waals surface area contributed by atoms with Crippen molar-refractivity contribution in [2.75, 3.05) is 24.7 Å². The number of carbonyl (C=O) groups is 3. The number of likely N-dealkylation sites (tertiary alicyclic amines) is 1. The Bertz CT molecular complexity index is 765. The van der Waals surface area contributed by atoms with E-state index in [1.54, 1.807) is 11.8 Å². The van der Waals surface area contributed by atoms with Crippen molar-refractivity contribution < 1.29 is 19.5 Å². The highest BCUT2D eigenvalue weighted by atomic mass is 35.5. The summed E-state index contributed by atoms with van der Waals surface area (Å²) in [6, 6.07) is 8.44. The third kappa shape index (κ3) is 5.54. The van der Waals surface area contributed by atoms with Gasteiger partial charge in [-0.15, -0.1) is 24.2 Å². The fourth-order valence-corrected chi connectivity index (χ4v) is 5.18. The predicted molar refractivity (Wildman–Crippen MR) is 124 cm³/mol. The number of hydrogen-bond donors (Lipinski definition) is 3. The molecule has 2 saturated heterocycles. The van der Waals surface area contributed by atoms with Crippen LogP contribution in [0.2, 0.25) is 0 Å². The molecule has 1 aromatic rings. The van der Waals surface area contributed by atoms with Crippen molar-refractivity contribution in [3.8, 4) is 0 Å². The number of carboxylic acids is 1. The Kier molecular flexibility index (Phi) is 9.21. The van der Waals surface area contributed by atoms with Gasteiger partial charge in [0.25, 0.3) is 0 Å². The van der Waals surface area contributed by atoms with Gasteiger partial charge in [-0.1, -0.05) is 50.6 Å². The highest BCUT2D eigenvalue weighted by Crippen LogP contribution is 2.36. The molecule has 2 aliphatic rings. The fourth-order valence-electron chi connectivity index (χ4n) is 4.25. The second-order valence-corrected chi connectivity index (χ2v) is 9.25. The van der Waals surface area contributed by atoms with Crippen LogP contribution in [0.4, 0.5) is 0 Å². The zero-order valence-electron chi connectivity index (χ0n) is 18.0. The van der Waals surface area contributed by atoms with E-state index in [-0.39, 0.29) is 36.2 Å². The largest absolute Gasteiger partial charge is 0.480 e. The molecule has 0 aliphatic carbocycles. The molecule has 0 saturated carbocycles. The van der Waals surface area contributed by atoms with E-state index in [1.165, 1.54) is 0 Å². The molecule has 172 valence electrons. The first-order chi connectivity index (χ1) is 14.4. The first-order valence-corrected chi connectivity index (χ1v) is 11.7. The zero-order chi connectivity index (χ0) is 21.7. The number of carbonyl (C=O) groups excluding carboxylic acids is 2. The summed E-state index contributed by atoms with van der Waals surface area (Å²) < 4.78 is 0. The Hall–Kier alpha value is -1.77. The number of halogens is 1. The summed E-state index contributed by atoms with van der Waals surface area (Å²) in [6.45, 7) is 4.71. The molecule has 7 nitrogen and oxygen atoms in total. The monoisotopic (exact) mass is 469 g/mol. The molecular weight excluding hydrogens is 438 g/mol. The average Bonchev–Trinajstić information content (AvgIpc) is 3.31. The van der Waals surface area contributed by atoms with Crippen LogP contribution in [-0.2, 0) is 19.8 Å². The lowest BCUT2D eigenvalue weighted by Gasteiger charge is -2.42. The molecule has 3 atom stereocenters. The highest BCUT2D eigenvalue weighted by Gasteiger charge is 2.45. The third-order valence-electron chi connectivity index (χ3n) is 6.47. The first-order valence-electron chi connectivity index (χ1n) is 10.6. The molecule has 3 N–H and O–H groups in total. The quantitative estimate of drug-likeness (QED) is 0.566. The lowest BCUT2D eigenvalue weighted by Crippen LogP contribution is -2.58. The number of nitrogens with one attached hydrogen (secondary N) is 2. The van der Waals surface area contributed by atoms with Gasteiger partial charge in [0.1, 0.15) is 6.04 Å². The Morgan fingerprint density at radius 3 is 2.42 bits per heavy atom. The maximum absolute atomic E-state index is 13.5. The van der Waals surface area contributed by atoms with Gasteiger partial charge in [0.05, 0.1) is 11.5 Å². The SMILES string of the molecule is CCC(C)[C@H](NC(=O)C1(c2ccccc2)CCN(C(=O)[C@H]2CSCN2)CC1)C(=O)O.Cl. The van der Waals surface area contributed by atoms with Crippen molar-refractivity contribution in [3.63, 3.8) is 0 Å². The van der Waals surface area contributed by atoms with Gasteiger partial charge in [0.2, 0.25) is 11.8 Å². The molecule has 1 aromatic carbocycles. The van der Waals surface area contributed by atoms with Gasteiger partial charge < -0.3 is 15.3 Å². The number of aliphatic carboxylic acids is 1. The molecule has 2 amide bonds. The van der Waals surface area contributed by atoms with E-state index >= 15 is 0 Å². The van der Waals surface area contributed by atoms with Crippen molar-refractivity contribution >= 4 is 42.0 Å². The first kappa shape index (κ1) is 25.5. The van der Waals surface area contributed by atoms with Crippen molar-refractivity contribution in [1.29, 1.82) is 0 Å². The van der Waals surface area contributed by atoms with E-state index in [0.29, 0.717) is 32.4 Å². The lowest BCUT2D eigenvalue weighted by molar-refractivity contribution is -0.145. The van der Waals surface area contributed by atoms with Crippen molar-refractivity contribution in [2.24, 2.45) is 5.92 Å². The Morgan fingerprint density at radius 1 is 1.26 bits per heavy atom. The van der Waals surface area contributed by atoms with Crippen LogP contribution in [0, 0.1) is 5.92 Å². The minimum absolute atomic E-state index is 0. The van der Waals surface area contributed by atoms with Gasteiger partial charge in [-0.3, -0.25) is 14.9 Å². The minimum atomic E-state index is -1.02. The van der Waals surface area contributed by atoms with Gasteiger partial charge in [0, 0.05) is 24.7 Å². The van der Waals surface area contributed by atoms with Crippen molar-refractivity contribution in [2.45, 2.75) is 50.6 Å². The van der Waals surface area contributed by atoms with Gasteiger partial charge in [-0.2, -0.15) is 0 Å². The van der Waals surface area contributed by atoms with E-state index in [1.807, 2.05) is 49.1 Å². The smallest absolute Gasteiger partial charge is 0.326 e. The van der Waals surface area contributed by atoms with Crippen LogP contribution in [-0.4, -0.2) is 64.6 Å². The summed E-state index contributed by atoms with van der Waals surface area (Å²) in [5.74, 6) is 0.195. The van der Waals surface area contributed by atoms with Gasteiger partial charge in [0.15, 0.2) is 0 Å². The molecule has 2 aliphatic heterocycles. The molecule has 9 heteroatoms. The van der Waals surface area contributed by atoms with E-state index in [0.717, 1.165) is 17.2 Å². The van der Waals surface area contributed by atoms with E-state index < -0.39 is 17.4 Å². The van der Waals surface area contributed by atoms with E-state index in [2.05, 4.69) is 10.6 Å². The van der Waals surface area contributed by atoms with Gasteiger partial charge in [-0.05, 0) is 24.3 Å². The minimum Gasteiger partial charge on any atom is -0.480 e.